The topological polar surface area (TPSA) is 56.7 Å². The van der Waals surface area contributed by atoms with Crippen LogP contribution in [0.2, 0.25) is 10.0 Å². The number of rotatable bonds is 6. The molecule has 2 aromatic carbocycles. The van der Waals surface area contributed by atoms with E-state index in [4.69, 9.17) is 23.2 Å². The number of halogens is 2. The van der Waals surface area contributed by atoms with Gasteiger partial charge in [-0.1, -0.05) is 53.5 Å². The van der Waals surface area contributed by atoms with Gasteiger partial charge in [-0.05, 0) is 35.7 Å². The number of guanidine groups is 1. The summed E-state index contributed by atoms with van der Waals surface area (Å²) in [7, 11) is 0. The Kier molecular flexibility index (Phi) is 7.37. The maximum Gasteiger partial charge on any atom is 0.191 e. The summed E-state index contributed by atoms with van der Waals surface area (Å²) < 4.78 is 0. The smallest absolute Gasteiger partial charge is 0.191 e. The third-order valence-corrected chi connectivity index (χ3v) is 4.09. The van der Waals surface area contributed by atoms with Crippen LogP contribution in [0.3, 0.4) is 0 Å². The molecule has 24 heavy (non-hydrogen) atoms. The molecule has 0 aliphatic rings. The third-order valence-electron chi connectivity index (χ3n) is 3.50. The minimum Gasteiger partial charge on any atom is -0.392 e. The molecule has 0 aliphatic heterocycles. The molecule has 0 heterocycles. The molecule has 0 atom stereocenters. The second-order valence-corrected chi connectivity index (χ2v) is 6.05. The molecule has 0 spiro atoms. The highest BCUT2D eigenvalue weighted by molar-refractivity contribution is 6.35. The van der Waals surface area contributed by atoms with Gasteiger partial charge in [-0.25, -0.2) is 4.99 Å². The average molecular weight is 366 g/mol. The van der Waals surface area contributed by atoms with Crippen molar-refractivity contribution >= 4 is 29.2 Å². The monoisotopic (exact) mass is 365 g/mol. The Labute approximate surface area is 152 Å². The van der Waals surface area contributed by atoms with Gasteiger partial charge in [-0.2, -0.15) is 0 Å². The quantitative estimate of drug-likeness (QED) is 0.539. The van der Waals surface area contributed by atoms with E-state index >= 15 is 0 Å². The molecule has 0 aromatic heterocycles. The van der Waals surface area contributed by atoms with E-state index in [0.29, 0.717) is 29.1 Å². The van der Waals surface area contributed by atoms with Gasteiger partial charge in [-0.15, -0.1) is 0 Å². The van der Waals surface area contributed by atoms with Crippen molar-refractivity contribution < 1.29 is 5.11 Å². The Hall–Kier alpha value is -1.75. The second-order valence-electron chi connectivity index (χ2n) is 5.21. The van der Waals surface area contributed by atoms with Gasteiger partial charge >= 0.3 is 0 Å². The highest BCUT2D eigenvalue weighted by atomic mass is 35.5. The maximum atomic E-state index is 9.39. The van der Waals surface area contributed by atoms with Crippen LogP contribution in [0.4, 0.5) is 0 Å². The normalized spacial score (nSPS) is 11.4. The first-order valence-corrected chi connectivity index (χ1v) is 8.53. The Morgan fingerprint density at radius 1 is 1.04 bits per heavy atom. The molecule has 3 N–H and O–H groups in total. The average Bonchev–Trinajstić information content (AvgIpc) is 2.59. The van der Waals surface area contributed by atoms with Crippen molar-refractivity contribution in [3.05, 3.63) is 69.2 Å². The summed E-state index contributed by atoms with van der Waals surface area (Å²) in [5.41, 5.74) is 2.84. The predicted octanol–water partition coefficient (Wildman–Crippen LogP) is 3.74. The van der Waals surface area contributed by atoms with Crippen LogP contribution in [0.5, 0.6) is 0 Å². The molecule has 0 aliphatic carbocycles. The van der Waals surface area contributed by atoms with E-state index in [1.54, 1.807) is 6.07 Å². The standard InChI is InChI=1S/C18H21Cl2N3O/c1-2-21-18(22-10-13-5-3-4-6-15(13)12-24)23-11-14-7-8-16(19)9-17(14)20/h3-9,24H,2,10-12H2,1H3,(H2,21,22,23). The van der Waals surface area contributed by atoms with Gasteiger partial charge in [0.15, 0.2) is 5.96 Å². The molecule has 0 bridgehead atoms. The van der Waals surface area contributed by atoms with Crippen molar-refractivity contribution in [1.82, 2.24) is 10.6 Å². The summed E-state index contributed by atoms with van der Waals surface area (Å²) in [6.07, 6.45) is 0. The van der Waals surface area contributed by atoms with Gasteiger partial charge in [0.25, 0.3) is 0 Å². The molecule has 0 amide bonds. The van der Waals surface area contributed by atoms with Crippen LogP contribution < -0.4 is 10.6 Å². The number of benzene rings is 2. The first-order chi connectivity index (χ1) is 11.6. The summed E-state index contributed by atoms with van der Waals surface area (Å²) in [5.74, 6) is 0.691. The molecule has 6 heteroatoms. The van der Waals surface area contributed by atoms with Crippen LogP contribution in [-0.2, 0) is 19.7 Å². The second kappa shape index (κ2) is 9.52. The fourth-order valence-electron chi connectivity index (χ4n) is 2.22. The van der Waals surface area contributed by atoms with E-state index in [9.17, 15) is 5.11 Å². The number of aliphatic hydroxyl groups is 1. The van der Waals surface area contributed by atoms with Crippen molar-refractivity contribution in [1.29, 1.82) is 0 Å². The Bertz CT molecular complexity index is 704. The van der Waals surface area contributed by atoms with Crippen LogP contribution in [0.1, 0.15) is 23.6 Å². The molecule has 0 saturated carbocycles. The number of hydrogen-bond acceptors (Lipinski definition) is 2. The summed E-state index contributed by atoms with van der Waals surface area (Å²) in [4.78, 5) is 4.57. The van der Waals surface area contributed by atoms with Gasteiger partial charge in [0.1, 0.15) is 0 Å². The summed E-state index contributed by atoms with van der Waals surface area (Å²) in [5, 5.41) is 17.1. The molecule has 0 radical (unpaired) electrons. The molecular formula is C18H21Cl2N3O. The fourth-order valence-corrected chi connectivity index (χ4v) is 2.69. The first-order valence-electron chi connectivity index (χ1n) is 7.77. The molecular weight excluding hydrogens is 345 g/mol. The summed E-state index contributed by atoms with van der Waals surface area (Å²) in [6.45, 7) is 3.80. The molecule has 128 valence electrons. The summed E-state index contributed by atoms with van der Waals surface area (Å²) in [6, 6.07) is 13.1. The fraction of sp³-hybridized carbons (Fsp3) is 0.278. The van der Waals surface area contributed by atoms with Crippen molar-refractivity contribution in [2.24, 2.45) is 4.99 Å². The number of aliphatic hydroxyl groups excluding tert-OH is 1. The van der Waals surface area contributed by atoms with Gasteiger partial charge in [0.05, 0.1) is 13.2 Å². The lowest BCUT2D eigenvalue weighted by atomic mass is 10.1. The van der Waals surface area contributed by atoms with E-state index in [1.165, 1.54) is 0 Å². The molecule has 0 unspecified atom stereocenters. The Morgan fingerprint density at radius 3 is 2.46 bits per heavy atom. The van der Waals surface area contributed by atoms with Crippen LogP contribution in [0, 0.1) is 0 Å². The third kappa shape index (κ3) is 5.41. The van der Waals surface area contributed by atoms with Crippen LogP contribution >= 0.6 is 23.2 Å². The lowest BCUT2D eigenvalue weighted by Gasteiger charge is -2.13. The molecule has 4 nitrogen and oxygen atoms in total. The number of hydrogen-bond donors (Lipinski definition) is 3. The SMILES string of the molecule is CCNC(=NCc1ccccc1CO)NCc1ccc(Cl)cc1Cl. The Balaban J connectivity index is 2.05. The molecule has 0 fully saturated rings. The van der Waals surface area contributed by atoms with Gasteiger partial charge in [-0.3, -0.25) is 0 Å². The summed E-state index contributed by atoms with van der Waals surface area (Å²) >= 11 is 12.1. The van der Waals surface area contributed by atoms with Crippen molar-refractivity contribution in [3.8, 4) is 0 Å². The number of aliphatic imine (C=N–C) groups is 1. The zero-order valence-electron chi connectivity index (χ0n) is 13.5. The van der Waals surface area contributed by atoms with Crippen molar-refractivity contribution in [2.75, 3.05) is 6.54 Å². The molecule has 2 rings (SSSR count). The predicted molar refractivity (Wildman–Crippen MR) is 100 cm³/mol. The lowest BCUT2D eigenvalue weighted by molar-refractivity contribution is 0.280. The van der Waals surface area contributed by atoms with Crippen molar-refractivity contribution in [3.63, 3.8) is 0 Å². The highest BCUT2D eigenvalue weighted by Gasteiger charge is 2.04. The first kappa shape index (κ1) is 18.6. The van der Waals surface area contributed by atoms with E-state index in [-0.39, 0.29) is 6.61 Å². The van der Waals surface area contributed by atoms with Crippen LogP contribution in [0.25, 0.3) is 0 Å². The molecule has 2 aromatic rings. The largest absolute Gasteiger partial charge is 0.392 e. The van der Waals surface area contributed by atoms with Gasteiger partial charge in [0, 0.05) is 23.1 Å². The zero-order valence-corrected chi connectivity index (χ0v) is 15.0. The van der Waals surface area contributed by atoms with Crippen LogP contribution in [0.15, 0.2) is 47.5 Å². The molecule has 0 saturated heterocycles. The maximum absolute atomic E-state index is 9.39. The van der Waals surface area contributed by atoms with Gasteiger partial charge < -0.3 is 15.7 Å². The Morgan fingerprint density at radius 2 is 1.79 bits per heavy atom. The van der Waals surface area contributed by atoms with E-state index in [1.807, 2.05) is 43.3 Å². The van der Waals surface area contributed by atoms with Crippen LogP contribution in [-0.4, -0.2) is 17.6 Å². The van der Waals surface area contributed by atoms with Gasteiger partial charge in [0.2, 0.25) is 0 Å². The van der Waals surface area contributed by atoms with Crippen molar-refractivity contribution in [2.45, 2.75) is 26.6 Å². The minimum absolute atomic E-state index is 0.00996. The lowest BCUT2D eigenvalue weighted by Crippen LogP contribution is -2.36. The zero-order chi connectivity index (χ0) is 17.4. The number of nitrogens with zero attached hydrogens (tertiary/aromatic N) is 1. The van der Waals surface area contributed by atoms with E-state index in [0.717, 1.165) is 23.2 Å². The number of nitrogens with one attached hydrogen (secondary N) is 2. The van der Waals surface area contributed by atoms with E-state index in [2.05, 4.69) is 15.6 Å². The highest BCUT2D eigenvalue weighted by Crippen LogP contribution is 2.20. The minimum atomic E-state index is 0.00996. The van der Waals surface area contributed by atoms with E-state index < -0.39 is 0 Å².